The Balaban J connectivity index is 1.53. The smallest absolute Gasteiger partial charge is 0.303 e. The highest BCUT2D eigenvalue weighted by molar-refractivity contribution is 5.93. The first-order valence-corrected chi connectivity index (χ1v) is 10.6. The summed E-state index contributed by atoms with van der Waals surface area (Å²) in [6.07, 6.45) is 7.74. The molecule has 156 valence electrons. The van der Waals surface area contributed by atoms with Crippen LogP contribution >= 0.6 is 0 Å². The van der Waals surface area contributed by atoms with Gasteiger partial charge in [0.05, 0.1) is 6.10 Å². The summed E-state index contributed by atoms with van der Waals surface area (Å²) >= 11 is 0. The van der Waals surface area contributed by atoms with Crippen molar-refractivity contribution in [1.29, 1.82) is 0 Å². The maximum Gasteiger partial charge on any atom is 0.303 e. The normalized spacial score (nSPS) is 47.1. The van der Waals surface area contributed by atoms with E-state index in [1.165, 1.54) is 18.1 Å². The molecule has 1 aliphatic heterocycles. The van der Waals surface area contributed by atoms with Crippen molar-refractivity contribution < 1.29 is 29.0 Å². The van der Waals surface area contributed by atoms with Crippen molar-refractivity contribution in [1.82, 2.24) is 0 Å². The Hall–Kier alpha value is -1.79. The van der Waals surface area contributed by atoms with E-state index in [1.54, 1.807) is 0 Å². The molecule has 6 nitrogen and oxygen atoms in total. The summed E-state index contributed by atoms with van der Waals surface area (Å²) in [5.74, 6) is -0.620. The van der Waals surface area contributed by atoms with Crippen LogP contribution in [-0.2, 0) is 23.9 Å². The van der Waals surface area contributed by atoms with Crippen LogP contribution in [0, 0.1) is 16.7 Å². The fourth-order valence-corrected chi connectivity index (χ4v) is 7.03. The molecule has 3 fully saturated rings. The molecular formula is C23H28O6. The Morgan fingerprint density at radius 3 is 2.79 bits per heavy atom. The van der Waals surface area contributed by atoms with Gasteiger partial charge >= 0.3 is 5.97 Å². The average molecular weight is 400 g/mol. The number of aliphatic hydroxyl groups is 1. The lowest BCUT2D eigenvalue weighted by Gasteiger charge is -2.55. The largest absolute Gasteiger partial charge is 0.458 e. The summed E-state index contributed by atoms with van der Waals surface area (Å²) in [5.41, 5.74) is -0.461. The number of fused-ring (bicyclic) bond motifs is 3. The lowest BCUT2D eigenvalue weighted by atomic mass is 9.49. The molecule has 0 amide bonds. The van der Waals surface area contributed by atoms with Gasteiger partial charge in [0.2, 0.25) is 5.78 Å². The molecule has 0 aromatic heterocycles. The Morgan fingerprint density at radius 1 is 1.31 bits per heavy atom. The predicted molar refractivity (Wildman–Crippen MR) is 103 cm³/mol. The minimum atomic E-state index is -1.56. The van der Waals surface area contributed by atoms with Crippen molar-refractivity contribution in [3.63, 3.8) is 0 Å². The summed E-state index contributed by atoms with van der Waals surface area (Å²) in [7, 11) is 0. The lowest BCUT2D eigenvalue weighted by Crippen LogP contribution is -2.61. The molecule has 6 unspecified atom stereocenters. The molecule has 6 heteroatoms. The Kier molecular flexibility index (Phi) is 3.75. The molecule has 29 heavy (non-hydrogen) atoms. The highest BCUT2D eigenvalue weighted by Gasteiger charge is 2.84. The molecular weight excluding hydrogens is 372 g/mol. The number of epoxide rings is 1. The summed E-state index contributed by atoms with van der Waals surface area (Å²) in [5, 5.41) is 11.5. The maximum absolute atomic E-state index is 12.9. The van der Waals surface area contributed by atoms with Gasteiger partial charge in [-0.2, -0.15) is 0 Å². The molecule has 1 heterocycles. The van der Waals surface area contributed by atoms with Gasteiger partial charge < -0.3 is 14.6 Å². The highest BCUT2D eigenvalue weighted by Crippen LogP contribution is 2.75. The number of ketones is 2. The first kappa shape index (κ1) is 19.2. The molecule has 2 saturated carbocycles. The molecule has 0 aromatic carbocycles. The second-order valence-corrected chi connectivity index (χ2v) is 9.92. The number of Topliss-reactive ketones (excluding diaryl/α,β-unsaturated/α-hetero) is 1. The number of rotatable bonds is 3. The number of allylic oxidation sites excluding steroid dienone is 3. The van der Waals surface area contributed by atoms with Crippen molar-refractivity contribution in [2.75, 3.05) is 6.61 Å². The van der Waals surface area contributed by atoms with Gasteiger partial charge in [-0.3, -0.25) is 14.4 Å². The monoisotopic (exact) mass is 400 g/mol. The molecule has 4 aliphatic carbocycles. The molecule has 5 aliphatic rings. The van der Waals surface area contributed by atoms with Gasteiger partial charge in [0.15, 0.2) is 12.4 Å². The van der Waals surface area contributed by atoms with Crippen LogP contribution in [0.4, 0.5) is 0 Å². The Morgan fingerprint density at radius 2 is 2.07 bits per heavy atom. The number of carbonyl (C=O) groups excluding carboxylic acids is 3. The molecule has 1 saturated heterocycles. The maximum atomic E-state index is 12.9. The van der Waals surface area contributed by atoms with Crippen molar-refractivity contribution in [3.05, 3.63) is 23.3 Å². The fraction of sp³-hybridized carbons (Fsp3) is 0.696. The summed E-state index contributed by atoms with van der Waals surface area (Å²) in [4.78, 5) is 36.1. The van der Waals surface area contributed by atoms with Gasteiger partial charge in [-0.25, -0.2) is 0 Å². The second kappa shape index (κ2) is 5.67. The number of esters is 1. The molecule has 0 bridgehead atoms. The standard InChI is InChI=1S/C23H28O6/c1-13(24)28-12-18(26)22(27)11-19-23(29-19)17-5-4-14-10-15(25)6-8-20(14,2)16(17)7-9-21(22,23)3/h7,10,17,19,27H,4-6,8-9,11-12H2,1-3H3. The Labute approximate surface area is 170 Å². The molecule has 1 N–H and O–H groups in total. The van der Waals surface area contributed by atoms with E-state index in [-0.39, 0.29) is 29.6 Å². The first-order valence-electron chi connectivity index (χ1n) is 10.6. The SMILES string of the molecule is CC(=O)OCC(=O)C1(O)CC2OC23C2CCC4=CC(=O)CCC4(C)C2=CCC13C. The minimum absolute atomic E-state index is 0.133. The zero-order valence-corrected chi connectivity index (χ0v) is 17.2. The van der Waals surface area contributed by atoms with E-state index in [0.717, 1.165) is 19.3 Å². The van der Waals surface area contributed by atoms with Gasteiger partial charge in [0.25, 0.3) is 0 Å². The van der Waals surface area contributed by atoms with Gasteiger partial charge in [-0.05, 0) is 31.8 Å². The number of hydrogen-bond donors (Lipinski definition) is 1. The third-order valence-electron chi connectivity index (χ3n) is 8.76. The van der Waals surface area contributed by atoms with Gasteiger partial charge in [0.1, 0.15) is 11.2 Å². The van der Waals surface area contributed by atoms with Crippen LogP contribution in [0.3, 0.4) is 0 Å². The highest BCUT2D eigenvalue weighted by atomic mass is 16.6. The van der Waals surface area contributed by atoms with Crippen LogP contribution in [0.25, 0.3) is 0 Å². The summed E-state index contributed by atoms with van der Waals surface area (Å²) in [6, 6.07) is 0. The second-order valence-electron chi connectivity index (χ2n) is 9.92. The van der Waals surface area contributed by atoms with Crippen molar-refractivity contribution >= 4 is 17.5 Å². The zero-order valence-electron chi connectivity index (χ0n) is 17.2. The van der Waals surface area contributed by atoms with E-state index in [4.69, 9.17) is 9.47 Å². The quantitative estimate of drug-likeness (QED) is 0.444. The fourth-order valence-electron chi connectivity index (χ4n) is 7.03. The van der Waals surface area contributed by atoms with Crippen LogP contribution < -0.4 is 0 Å². The van der Waals surface area contributed by atoms with Crippen LogP contribution in [0.5, 0.6) is 0 Å². The van der Waals surface area contributed by atoms with E-state index in [1.807, 2.05) is 13.0 Å². The summed E-state index contributed by atoms with van der Waals surface area (Å²) in [6.45, 7) is 5.04. The lowest BCUT2D eigenvalue weighted by molar-refractivity contribution is -0.172. The number of hydrogen-bond acceptors (Lipinski definition) is 6. The van der Waals surface area contributed by atoms with Crippen LogP contribution in [-0.4, -0.2) is 46.6 Å². The van der Waals surface area contributed by atoms with Crippen molar-refractivity contribution in [2.45, 2.75) is 76.6 Å². The summed E-state index contributed by atoms with van der Waals surface area (Å²) < 4.78 is 11.2. The number of carbonyl (C=O) groups is 3. The first-order chi connectivity index (χ1) is 13.6. The van der Waals surface area contributed by atoms with Crippen LogP contribution in [0.15, 0.2) is 23.3 Å². The van der Waals surface area contributed by atoms with Crippen molar-refractivity contribution in [3.8, 4) is 0 Å². The third kappa shape index (κ3) is 2.17. The van der Waals surface area contributed by atoms with Gasteiger partial charge in [0, 0.05) is 36.5 Å². The molecule has 0 radical (unpaired) electrons. The average Bonchev–Trinajstić information content (AvgIpc) is 3.32. The van der Waals surface area contributed by atoms with E-state index in [2.05, 4.69) is 13.0 Å². The van der Waals surface area contributed by atoms with Crippen LogP contribution in [0.2, 0.25) is 0 Å². The minimum Gasteiger partial charge on any atom is -0.458 e. The molecule has 5 rings (SSSR count). The predicted octanol–water partition coefficient (Wildman–Crippen LogP) is 2.43. The van der Waals surface area contributed by atoms with Crippen molar-refractivity contribution in [2.24, 2.45) is 16.7 Å². The van der Waals surface area contributed by atoms with Gasteiger partial charge in [-0.1, -0.05) is 31.1 Å². The van der Waals surface area contributed by atoms with E-state index < -0.39 is 35.0 Å². The van der Waals surface area contributed by atoms with Gasteiger partial charge in [-0.15, -0.1) is 0 Å². The molecule has 6 atom stereocenters. The van der Waals surface area contributed by atoms with E-state index in [0.29, 0.717) is 12.8 Å². The van der Waals surface area contributed by atoms with Crippen LogP contribution in [0.1, 0.15) is 59.3 Å². The topological polar surface area (TPSA) is 93.2 Å². The molecule has 0 aromatic rings. The Bertz CT molecular complexity index is 901. The van der Waals surface area contributed by atoms with E-state index in [9.17, 15) is 19.5 Å². The zero-order chi connectivity index (χ0) is 20.8. The number of ether oxygens (including phenoxy) is 2. The molecule has 1 spiro atoms. The van der Waals surface area contributed by atoms with E-state index >= 15 is 0 Å². The third-order valence-corrected chi connectivity index (χ3v) is 8.76.